The number of ether oxygens (including phenoxy) is 1. The maximum absolute atomic E-state index is 5.57. The van der Waals surface area contributed by atoms with Crippen molar-refractivity contribution in [2.24, 2.45) is 0 Å². The standard InChI is InChI=1S/C13H24N2O/c1-11(2)5-6-15-7-8-16-10-13(15)9-14-12-3-4-12/h5,12-14H,3-4,6-10H2,1-2H3. The van der Waals surface area contributed by atoms with Gasteiger partial charge in [-0.15, -0.1) is 0 Å². The van der Waals surface area contributed by atoms with Gasteiger partial charge in [-0.25, -0.2) is 0 Å². The van der Waals surface area contributed by atoms with Crippen LogP contribution in [0.1, 0.15) is 26.7 Å². The summed E-state index contributed by atoms with van der Waals surface area (Å²) in [6, 6.07) is 1.36. The molecule has 92 valence electrons. The van der Waals surface area contributed by atoms with E-state index in [1.54, 1.807) is 0 Å². The lowest BCUT2D eigenvalue weighted by molar-refractivity contribution is -0.00121. The zero-order valence-electron chi connectivity index (χ0n) is 10.5. The first-order valence-electron chi connectivity index (χ1n) is 6.44. The van der Waals surface area contributed by atoms with E-state index in [0.717, 1.165) is 38.9 Å². The minimum Gasteiger partial charge on any atom is -0.378 e. The van der Waals surface area contributed by atoms with Gasteiger partial charge in [0.2, 0.25) is 0 Å². The molecule has 3 nitrogen and oxygen atoms in total. The molecule has 0 radical (unpaired) electrons. The van der Waals surface area contributed by atoms with Gasteiger partial charge >= 0.3 is 0 Å². The third-order valence-corrected chi connectivity index (χ3v) is 3.30. The molecule has 1 atom stereocenters. The average Bonchev–Trinajstić information content (AvgIpc) is 3.08. The summed E-state index contributed by atoms with van der Waals surface area (Å²) in [5.74, 6) is 0. The van der Waals surface area contributed by atoms with Gasteiger partial charge in [-0.05, 0) is 26.7 Å². The number of hydrogen-bond acceptors (Lipinski definition) is 3. The maximum atomic E-state index is 5.57. The maximum Gasteiger partial charge on any atom is 0.0635 e. The zero-order valence-corrected chi connectivity index (χ0v) is 10.5. The molecule has 16 heavy (non-hydrogen) atoms. The highest BCUT2D eigenvalue weighted by Gasteiger charge is 2.26. The number of rotatable bonds is 5. The van der Waals surface area contributed by atoms with E-state index in [-0.39, 0.29) is 0 Å². The topological polar surface area (TPSA) is 24.5 Å². The Labute approximate surface area is 98.8 Å². The number of allylic oxidation sites excluding steroid dienone is 1. The molecule has 3 heteroatoms. The van der Waals surface area contributed by atoms with Crippen molar-refractivity contribution >= 4 is 0 Å². The molecule has 0 amide bonds. The van der Waals surface area contributed by atoms with Crippen molar-refractivity contribution in [3.8, 4) is 0 Å². The first kappa shape index (κ1) is 12.1. The molecule has 2 aliphatic rings. The van der Waals surface area contributed by atoms with Crippen LogP contribution < -0.4 is 5.32 Å². The summed E-state index contributed by atoms with van der Waals surface area (Å²) in [6.07, 6.45) is 5.04. The highest BCUT2D eigenvalue weighted by molar-refractivity contribution is 4.96. The van der Waals surface area contributed by atoms with E-state index in [2.05, 4.69) is 30.1 Å². The molecular weight excluding hydrogens is 200 g/mol. The lowest BCUT2D eigenvalue weighted by Gasteiger charge is -2.35. The molecule has 1 saturated carbocycles. The van der Waals surface area contributed by atoms with Gasteiger partial charge in [0.15, 0.2) is 0 Å². The Morgan fingerprint density at radius 1 is 1.44 bits per heavy atom. The third-order valence-electron chi connectivity index (χ3n) is 3.30. The highest BCUT2D eigenvalue weighted by Crippen LogP contribution is 2.19. The predicted octanol–water partition coefficient (Wildman–Crippen LogP) is 1.41. The molecule has 0 aromatic heterocycles. The van der Waals surface area contributed by atoms with Crippen molar-refractivity contribution in [2.75, 3.05) is 32.8 Å². The molecule has 1 aliphatic heterocycles. The lowest BCUT2D eigenvalue weighted by atomic mass is 10.2. The Kier molecular flexibility index (Phi) is 4.38. The van der Waals surface area contributed by atoms with Crippen molar-refractivity contribution in [2.45, 2.75) is 38.8 Å². The lowest BCUT2D eigenvalue weighted by Crippen LogP contribution is -2.50. The van der Waals surface area contributed by atoms with Crippen LogP contribution >= 0.6 is 0 Å². The van der Waals surface area contributed by atoms with Crippen LogP contribution in [0.3, 0.4) is 0 Å². The van der Waals surface area contributed by atoms with Crippen LogP contribution in [0.5, 0.6) is 0 Å². The Bertz CT molecular complexity index is 244. The molecule has 1 aliphatic carbocycles. The summed E-state index contributed by atoms with van der Waals surface area (Å²) in [4.78, 5) is 2.53. The molecule has 1 unspecified atom stereocenters. The van der Waals surface area contributed by atoms with Crippen molar-refractivity contribution < 1.29 is 4.74 Å². The fraction of sp³-hybridized carbons (Fsp3) is 0.846. The van der Waals surface area contributed by atoms with Gasteiger partial charge in [0.1, 0.15) is 0 Å². The van der Waals surface area contributed by atoms with Gasteiger partial charge in [0.05, 0.1) is 13.2 Å². The van der Waals surface area contributed by atoms with Gasteiger partial charge in [-0.1, -0.05) is 11.6 Å². The molecule has 2 fully saturated rings. The number of nitrogens with one attached hydrogen (secondary N) is 1. The fourth-order valence-corrected chi connectivity index (χ4v) is 2.01. The quantitative estimate of drug-likeness (QED) is 0.715. The summed E-state index contributed by atoms with van der Waals surface area (Å²) < 4.78 is 5.57. The SMILES string of the molecule is CC(C)=CCN1CCOCC1CNC1CC1. The second-order valence-electron chi connectivity index (χ2n) is 5.19. The Morgan fingerprint density at radius 2 is 2.25 bits per heavy atom. The van der Waals surface area contributed by atoms with Crippen LogP contribution in [0.25, 0.3) is 0 Å². The fourth-order valence-electron chi connectivity index (χ4n) is 2.01. The monoisotopic (exact) mass is 224 g/mol. The van der Waals surface area contributed by atoms with Gasteiger partial charge in [0, 0.05) is 31.7 Å². The minimum atomic E-state index is 0.560. The van der Waals surface area contributed by atoms with Gasteiger partial charge in [-0.3, -0.25) is 4.90 Å². The second-order valence-corrected chi connectivity index (χ2v) is 5.19. The van der Waals surface area contributed by atoms with E-state index in [4.69, 9.17) is 4.74 Å². The van der Waals surface area contributed by atoms with Crippen molar-refractivity contribution in [3.63, 3.8) is 0 Å². The number of morpholine rings is 1. The minimum absolute atomic E-state index is 0.560. The van der Waals surface area contributed by atoms with E-state index in [0.29, 0.717) is 6.04 Å². The van der Waals surface area contributed by atoms with E-state index >= 15 is 0 Å². The molecular formula is C13H24N2O. The number of nitrogens with zero attached hydrogens (tertiary/aromatic N) is 1. The molecule has 1 heterocycles. The summed E-state index contributed by atoms with van der Waals surface area (Å²) in [5, 5.41) is 3.60. The van der Waals surface area contributed by atoms with Crippen LogP contribution in [-0.4, -0.2) is 49.8 Å². The third kappa shape index (κ3) is 3.89. The van der Waals surface area contributed by atoms with Crippen LogP contribution in [0.4, 0.5) is 0 Å². The Hall–Kier alpha value is -0.380. The van der Waals surface area contributed by atoms with E-state index < -0.39 is 0 Å². The molecule has 0 bridgehead atoms. The smallest absolute Gasteiger partial charge is 0.0635 e. The second kappa shape index (κ2) is 5.80. The largest absolute Gasteiger partial charge is 0.378 e. The summed E-state index contributed by atoms with van der Waals surface area (Å²) >= 11 is 0. The normalized spacial score (nSPS) is 26.8. The van der Waals surface area contributed by atoms with Gasteiger partial charge < -0.3 is 10.1 Å². The van der Waals surface area contributed by atoms with Crippen LogP contribution in [0.2, 0.25) is 0 Å². The molecule has 1 saturated heterocycles. The summed E-state index contributed by atoms with van der Waals surface area (Å²) in [6.45, 7) is 9.33. The Morgan fingerprint density at radius 3 is 2.94 bits per heavy atom. The predicted molar refractivity (Wildman–Crippen MR) is 66.6 cm³/mol. The molecule has 1 N–H and O–H groups in total. The van der Waals surface area contributed by atoms with Crippen molar-refractivity contribution in [1.29, 1.82) is 0 Å². The summed E-state index contributed by atoms with van der Waals surface area (Å²) in [7, 11) is 0. The van der Waals surface area contributed by atoms with Crippen molar-refractivity contribution in [1.82, 2.24) is 10.2 Å². The molecule has 2 rings (SSSR count). The molecule has 0 aromatic carbocycles. The molecule has 0 spiro atoms. The van der Waals surface area contributed by atoms with E-state index in [1.807, 2.05) is 0 Å². The van der Waals surface area contributed by atoms with Crippen LogP contribution in [-0.2, 0) is 4.74 Å². The van der Waals surface area contributed by atoms with Crippen molar-refractivity contribution in [3.05, 3.63) is 11.6 Å². The van der Waals surface area contributed by atoms with Crippen LogP contribution in [0.15, 0.2) is 11.6 Å². The summed E-state index contributed by atoms with van der Waals surface area (Å²) in [5.41, 5.74) is 1.40. The van der Waals surface area contributed by atoms with E-state index in [1.165, 1.54) is 18.4 Å². The highest BCUT2D eigenvalue weighted by atomic mass is 16.5. The van der Waals surface area contributed by atoms with Gasteiger partial charge in [0.25, 0.3) is 0 Å². The Balaban J connectivity index is 1.78. The zero-order chi connectivity index (χ0) is 11.4. The first-order valence-corrected chi connectivity index (χ1v) is 6.44. The van der Waals surface area contributed by atoms with E-state index in [9.17, 15) is 0 Å². The average molecular weight is 224 g/mol. The number of hydrogen-bond donors (Lipinski definition) is 1. The first-order chi connectivity index (χ1) is 7.75. The molecule has 0 aromatic rings. The van der Waals surface area contributed by atoms with Gasteiger partial charge in [-0.2, -0.15) is 0 Å². The van der Waals surface area contributed by atoms with Crippen LogP contribution in [0, 0.1) is 0 Å².